The third-order valence-electron chi connectivity index (χ3n) is 1.85. The quantitative estimate of drug-likeness (QED) is 0.815. The van der Waals surface area contributed by atoms with Gasteiger partial charge >= 0.3 is 5.97 Å². The van der Waals surface area contributed by atoms with Crippen molar-refractivity contribution >= 4 is 39.0 Å². The lowest BCUT2D eigenvalue weighted by Gasteiger charge is -1.95. The number of rotatable bonds is 1. The molecular formula is C9H4ClFO2S. The summed E-state index contributed by atoms with van der Waals surface area (Å²) in [5.74, 6) is -1.56. The van der Waals surface area contributed by atoms with Crippen LogP contribution in [-0.2, 0) is 0 Å². The van der Waals surface area contributed by atoms with Gasteiger partial charge in [-0.2, -0.15) is 0 Å². The van der Waals surface area contributed by atoms with Crippen LogP contribution in [0.4, 0.5) is 4.39 Å². The predicted octanol–water partition coefficient (Wildman–Crippen LogP) is 3.39. The van der Waals surface area contributed by atoms with Gasteiger partial charge in [-0.15, -0.1) is 11.3 Å². The summed E-state index contributed by atoms with van der Waals surface area (Å²) in [4.78, 5) is 10.7. The number of carbonyl (C=O) groups is 1. The molecule has 5 heteroatoms. The van der Waals surface area contributed by atoms with E-state index in [1.807, 2.05) is 0 Å². The van der Waals surface area contributed by atoms with Crippen LogP contribution in [0.2, 0.25) is 5.02 Å². The number of benzene rings is 1. The summed E-state index contributed by atoms with van der Waals surface area (Å²) in [6.07, 6.45) is 0. The fraction of sp³-hybridized carbons (Fsp3) is 0. The van der Waals surface area contributed by atoms with Crippen LogP contribution in [0.1, 0.15) is 10.4 Å². The van der Waals surface area contributed by atoms with Crippen LogP contribution < -0.4 is 0 Å². The number of fused-ring (bicyclic) bond motifs is 1. The summed E-state index contributed by atoms with van der Waals surface area (Å²) in [6.45, 7) is 0. The normalized spacial score (nSPS) is 10.7. The minimum atomic E-state index is -1.03. The number of aromatic carboxylic acids is 1. The minimum absolute atomic E-state index is 0.0570. The van der Waals surface area contributed by atoms with Crippen molar-refractivity contribution in [1.29, 1.82) is 0 Å². The maximum Gasteiger partial charge on any atom is 0.337 e. The van der Waals surface area contributed by atoms with Crippen molar-refractivity contribution in [2.24, 2.45) is 0 Å². The smallest absolute Gasteiger partial charge is 0.337 e. The van der Waals surface area contributed by atoms with Gasteiger partial charge in [-0.1, -0.05) is 11.6 Å². The van der Waals surface area contributed by atoms with Crippen molar-refractivity contribution in [1.82, 2.24) is 0 Å². The van der Waals surface area contributed by atoms with E-state index in [9.17, 15) is 9.18 Å². The molecule has 0 unspecified atom stereocenters. The highest BCUT2D eigenvalue weighted by Gasteiger charge is 2.12. The summed E-state index contributed by atoms with van der Waals surface area (Å²) in [7, 11) is 0. The number of halogens is 2. The molecule has 0 atom stereocenters. The van der Waals surface area contributed by atoms with Crippen LogP contribution in [0.5, 0.6) is 0 Å². The highest BCUT2D eigenvalue weighted by molar-refractivity contribution is 7.17. The maximum absolute atomic E-state index is 13.0. The Labute approximate surface area is 87.5 Å². The number of carboxylic acids is 1. The van der Waals surface area contributed by atoms with Gasteiger partial charge in [0.2, 0.25) is 0 Å². The summed E-state index contributed by atoms with van der Waals surface area (Å²) >= 11 is 6.74. The zero-order valence-corrected chi connectivity index (χ0v) is 8.32. The average Bonchev–Trinajstić information content (AvgIpc) is 2.48. The van der Waals surface area contributed by atoms with Crippen molar-refractivity contribution in [2.45, 2.75) is 0 Å². The molecule has 0 amide bonds. The van der Waals surface area contributed by atoms with Crippen molar-refractivity contribution in [2.75, 3.05) is 0 Å². The molecule has 0 aliphatic rings. The minimum Gasteiger partial charge on any atom is -0.478 e. The maximum atomic E-state index is 13.0. The Morgan fingerprint density at radius 3 is 2.86 bits per heavy atom. The Hall–Kier alpha value is -1.13. The molecule has 2 aromatic rings. The Morgan fingerprint density at radius 1 is 1.50 bits per heavy atom. The molecule has 0 spiro atoms. The van der Waals surface area contributed by atoms with Crippen LogP contribution in [0.25, 0.3) is 10.1 Å². The molecule has 0 aliphatic carbocycles. The Balaban J connectivity index is 2.80. The topological polar surface area (TPSA) is 37.3 Å². The first-order valence-corrected chi connectivity index (χ1v) is 4.95. The first-order valence-electron chi connectivity index (χ1n) is 3.69. The zero-order valence-electron chi connectivity index (χ0n) is 6.75. The van der Waals surface area contributed by atoms with Crippen molar-refractivity contribution in [3.63, 3.8) is 0 Å². The standard InChI is InChI=1S/C9H4ClFO2S/c10-6-1-4-5(9(12)13)3-14-8(4)2-7(6)11/h1-3H,(H,12,13). The molecule has 1 heterocycles. The van der Waals surface area contributed by atoms with Crippen LogP contribution in [0, 0.1) is 5.82 Å². The van der Waals surface area contributed by atoms with Gasteiger partial charge in [0.05, 0.1) is 10.6 Å². The molecule has 0 radical (unpaired) electrons. The summed E-state index contributed by atoms with van der Waals surface area (Å²) in [6, 6.07) is 2.58. The van der Waals surface area contributed by atoms with Gasteiger partial charge in [0, 0.05) is 15.5 Å². The number of hydrogen-bond donors (Lipinski definition) is 1. The van der Waals surface area contributed by atoms with Gasteiger partial charge in [-0.05, 0) is 12.1 Å². The Bertz CT molecular complexity index is 521. The Morgan fingerprint density at radius 2 is 2.21 bits per heavy atom. The number of thiophene rings is 1. The second kappa shape index (κ2) is 3.22. The molecule has 14 heavy (non-hydrogen) atoms. The summed E-state index contributed by atoms with van der Waals surface area (Å²) in [5, 5.41) is 10.7. The van der Waals surface area contributed by atoms with E-state index in [-0.39, 0.29) is 10.6 Å². The van der Waals surface area contributed by atoms with Gasteiger partial charge in [0.15, 0.2) is 0 Å². The van der Waals surface area contributed by atoms with Crippen molar-refractivity contribution < 1.29 is 14.3 Å². The van der Waals surface area contributed by atoms with E-state index in [0.717, 1.165) is 0 Å². The SMILES string of the molecule is O=C(O)c1csc2cc(F)c(Cl)cc12. The molecule has 0 aliphatic heterocycles. The summed E-state index contributed by atoms with van der Waals surface area (Å²) in [5.41, 5.74) is 0.159. The van der Waals surface area contributed by atoms with E-state index < -0.39 is 11.8 Å². The van der Waals surface area contributed by atoms with Gasteiger partial charge in [-0.25, -0.2) is 9.18 Å². The molecule has 1 aromatic carbocycles. The molecule has 0 bridgehead atoms. The fourth-order valence-electron chi connectivity index (χ4n) is 1.19. The lowest BCUT2D eigenvalue weighted by atomic mass is 10.2. The second-order valence-electron chi connectivity index (χ2n) is 2.72. The van der Waals surface area contributed by atoms with Crippen molar-refractivity contribution in [3.05, 3.63) is 33.9 Å². The van der Waals surface area contributed by atoms with Gasteiger partial charge in [0.25, 0.3) is 0 Å². The first kappa shape index (κ1) is 9.43. The summed E-state index contributed by atoms with van der Waals surface area (Å²) < 4.78 is 13.6. The molecule has 0 fully saturated rings. The van der Waals surface area contributed by atoms with E-state index >= 15 is 0 Å². The molecule has 0 saturated carbocycles. The van der Waals surface area contributed by atoms with Gasteiger partial charge < -0.3 is 5.11 Å². The second-order valence-corrected chi connectivity index (χ2v) is 4.04. The van der Waals surface area contributed by atoms with Crippen LogP contribution in [0.3, 0.4) is 0 Å². The fourth-order valence-corrected chi connectivity index (χ4v) is 2.29. The lowest BCUT2D eigenvalue weighted by Crippen LogP contribution is -1.93. The first-order chi connectivity index (χ1) is 6.59. The highest BCUT2D eigenvalue weighted by Crippen LogP contribution is 2.30. The van der Waals surface area contributed by atoms with E-state index in [0.29, 0.717) is 10.1 Å². The van der Waals surface area contributed by atoms with E-state index in [1.165, 1.54) is 28.8 Å². The monoisotopic (exact) mass is 230 g/mol. The van der Waals surface area contributed by atoms with E-state index in [1.54, 1.807) is 0 Å². The molecule has 0 saturated heterocycles. The molecule has 2 rings (SSSR count). The lowest BCUT2D eigenvalue weighted by molar-refractivity contribution is 0.0699. The highest BCUT2D eigenvalue weighted by atomic mass is 35.5. The predicted molar refractivity (Wildman–Crippen MR) is 53.8 cm³/mol. The van der Waals surface area contributed by atoms with E-state index in [4.69, 9.17) is 16.7 Å². The Kier molecular flexibility index (Phi) is 2.17. The van der Waals surface area contributed by atoms with Crippen molar-refractivity contribution in [3.8, 4) is 0 Å². The molecule has 1 aromatic heterocycles. The van der Waals surface area contributed by atoms with E-state index in [2.05, 4.69) is 0 Å². The van der Waals surface area contributed by atoms with Crippen LogP contribution in [-0.4, -0.2) is 11.1 Å². The van der Waals surface area contributed by atoms with Gasteiger partial charge in [0.1, 0.15) is 5.82 Å². The third kappa shape index (κ3) is 1.36. The molecule has 2 nitrogen and oxygen atoms in total. The molecule has 72 valence electrons. The third-order valence-corrected chi connectivity index (χ3v) is 3.08. The molecule has 1 N–H and O–H groups in total. The number of hydrogen-bond acceptors (Lipinski definition) is 2. The van der Waals surface area contributed by atoms with Crippen LogP contribution >= 0.6 is 22.9 Å². The average molecular weight is 231 g/mol. The van der Waals surface area contributed by atoms with Crippen LogP contribution in [0.15, 0.2) is 17.5 Å². The van der Waals surface area contributed by atoms with Gasteiger partial charge in [-0.3, -0.25) is 0 Å². The molecular weight excluding hydrogens is 227 g/mol. The number of carboxylic acid groups (broad SMARTS) is 1. The largest absolute Gasteiger partial charge is 0.478 e. The zero-order chi connectivity index (χ0) is 10.3.